The molecule has 1 aromatic rings. The van der Waals surface area contributed by atoms with Crippen LogP contribution in [0.5, 0.6) is 0 Å². The number of esters is 1. The first kappa shape index (κ1) is 29.1. The maximum atomic E-state index is 13.9. The van der Waals surface area contributed by atoms with E-state index in [0.717, 1.165) is 11.8 Å². The summed E-state index contributed by atoms with van der Waals surface area (Å²) in [4.78, 5) is 12.5. The molecule has 0 saturated heterocycles. The number of hydrogen-bond donors (Lipinski definition) is 1. The quantitative estimate of drug-likeness (QED) is 0.111. The van der Waals surface area contributed by atoms with Gasteiger partial charge in [0.1, 0.15) is 12.7 Å². The molecule has 0 amide bonds. The van der Waals surface area contributed by atoms with Crippen LogP contribution in [0.3, 0.4) is 0 Å². The van der Waals surface area contributed by atoms with Gasteiger partial charge in [-0.2, -0.15) is 5.26 Å². The largest absolute Gasteiger partial charge is 0.459 e. The molecular formula is C21H31N2O8PS. The van der Waals surface area contributed by atoms with Gasteiger partial charge in [0, 0.05) is 21.3 Å². The normalized spacial score (nSPS) is 13.1. The van der Waals surface area contributed by atoms with Crippen LogP contribution in [0.1, 0.15) is 11.3 Å². The minimum absolute atomic E-state index is 0.00819. The van der Waals surface area contributed by atoms with Gasteiger partial charge in [-0.25, -0.2) is 4.79 Å². The second-order valence-electron chi connectivity index (χ2n) is 6.30. The molecule has 10 nitrogen and oxygen atoms in total. The molecule has 33 heavy (non-hydrogen) atoms. The summed E-state index contributed by atoms with van der Waals surface area (Å²) < 4.78 is 45.3. The minimum Gasteiger partial charge on any atom is -0.459 e. The topological polar surface area (TPSA) is 125 Å². The number of benzene rings is 1. The average Bonchev–Trinajstić information content (AvgIpc) is 2.82. The van der Waals surface area contributed by atoms with Crippen molar-refractivity contribution in [3.63, 3.8) is 0 Å². The summed E-state index contributed by atoms with van der Waals surface area (Å²) in [6.07, 6.45) is 1.67. The predicted molar refractivity (Wildman–Crippen MR) is 125 cm³/mol. The van der Waals surface area contributed by atoms with E-state index in [9.17, 15) is 14.6 Å². The summed E-state index contributed by atoms with van der Waals surface area (Å²) in [7, 11) is 0.579. The van der Waals surface area contributed by atoms with Gasteiger partial charge in [0.25, 0.3) is 0 Å². The van der Waals surface area contributed by atoms with E-state index in [2.05, 4.69) is 5.32 Å². The number of carbonyl (C=O) groups is 1. The molecular weight excluding hydrogens is 471 g/mol. The lowest BCUT2D eigenvalue weighted by molar-refractivity contribution is -0.139. The Hall–Kier alpha value is -1.90. The zero-order valence-corrected chi connectivity index (χ0v) is 21.0. The van der Waals surface area contributed by atoms with E-state index in [0.29, 0.717) is 5.56 Å². The Morgan fingerprint density at radius 2 is 1.55 bits per heavy atom. The summed E-state index contributed by atoms with van der Waals surface area (Å²) in [5.41, 5.74) is 0.312. The second kappa shape index (κ2) is 16.7. The van der Waals surface area contributed by atoms with Crippen LogP contribution in [-0.4, -0.2) is 73.2 Å². The fourth-order valence-electron chi connectivity index (χ4n) is 2.50. The molecule has 1 N–H and O–H groups in total. The highest BCUT2D eigenvalue weighted by Gasteiger charge is 2.39. The number of nitriles is 1. The van der Waals surface area contributed by atoms with Crippen LogP contribution < -0.4 is 5.32 Å². The molecule has 0 fully saturated rings. The number of thioether (sulfide) groups is 1. The smallest absolute Gasteiger partial charge is 0.357 e. The first-order valence-corrected chi connectivity index (χ1v) is 12.8. The highest BCUT2D eigenvalue weighted by molar-refractivity contribution is 8.02. The van der Waals surface area contributed by atoms with Crippen molar-refractivity contribution in [1.29, 1.82) is 5.26 Å². The third-order valence-electron chi connectivity index (χ3n) is 4.08. The zero-order chi connectivity index (χ0) is 24.5. The number of methoxy groups -OCH3 is 3. The lowest BCUT2D eigenvalue weighted by atomic mass is 10.2. The highest BCUT2D eigenvalue weighted by Crippen LogP contribution is 2.60. The SMILES string of the molecule is COCCOC(=O)/C(C#N)=C(\NC(c1ccccc1)P(=O)(OCCOC)OCCOC)SC. The summed E-state index contributed by atoms with van der Waals surface area (Å²) >= 11 is 1.10. The molecule has 0 aromatic heterocycles. The maximum absolute atomic E-state index is 13.9. The number of nitrogens with one attached hydrogen (secondary N) is 1. The zero-order valence-electron chi connectivity index (χ0n) is 19.3. The van der Waals surface area contributed by atoms with Crippen LogP contribution in [0, 0.1) is 11.3 Å². The monoisotopic (exact) mass is 502 g/mol. The number of ether oxygens (including phenoxy) is 4. The van der Waals surface area contributed by atoms with Crippen molar-refractivity contribution in [3.05, 3.63) is 46.5 Å². The molecule has 0 aliphatic heterocycles. The van der Waals surface area contributed by atoms with Crippen molar-refractivity contribution in [2.45, 2.75) is 5.78 Å². The van der Waals surface area contributed by atoms with Gasteiger partial charge in [0.05, 0.1) is 38.1 Å². The van der Waals surface area contributed by atoms with Gasteiger partial charge in [0.15, 0.2) is 11.4 Å². The molecule has 1 unspecified atom stereocenters. The fourth-order valence-corrected chi connectivity index (χ4v) is 5.01. The Bertz CT molecular complexity index is 817. The Morgan fingerprint density at radius 1 is 1.00 bits per heavy atom. The van der Waals surface area contributed by atoms with E-state index in [1.807, 2.05) is 12.1 Å². The Balaban J connectivity index is 3.38. The van der Waals surface area contributed by atoms with Crippen molar-refractivity contribution in [3.8, 4) is 6.07 Å². The van der Waals surface area contributed by atoms with E-state index >= 15 is 0 Å². The van der Waals surface area contributed by atoms with Gasteiger partial charge in [-0.15, -0.1) is 11.8 Å². The number of carbonyl (C=O) groups excluding carboxylic acids is 1. The van der Waals surface area contributed by atoms with E-state index in [1.165, 1.54) is 21.3 Å². The van der Waals surface area contributed by atoms with Gasteiger partial charge in [-0.05, 0) is 11.8 Å². The molecule has 0 spiro atoms. The van der Waals surface area contributed by atoms with E-state index in [1.54, 1.807) is 30.5 Å². The molecule has 0 bridgehead atoms. The first-order chi connectivity index (χ1) is 16.0. The summed E-state index contributed by atoms with van der Waals surface area (Å²) in [5.74, 6) is -1.85. The summed E-state index contributed by atoms with van der Waals surface area (Å²) in [6, 6.07) is 10.7. The first-order valence-electron chi connectivity index (χ1n) is 9.99. The average molecular weight is 503 g/mol. The number of rotatable bonds is 17. The maximum Gasteiger partial charge on any atom is 0.357 e. The van der Waals surface area contributed by atoms with Gasteiger partial charge in [-0.1, -0.05) is 30.3 Å². The van der Waals surface area contributed by atoms with Crippen LogP contribution in [0.2, 0.25) is 0 Å². The Kier molecular flexibility index (Phi) is 14.7. The summed E-state index contributed by atoms with van der Waals surface area (Å²) in [6.45, 7) is 0.583. The molecule has 0 aliphatic carbocycles. The van der Waals surface area contributed by atoms with E-state index in [-0.39, 0.29) is 50.2 Å². The fraction of sp³-hybridized carbons (Fsp3) is 0.524. The third-order valence-corrected chi connectivity index (χ3v) is 6.96. The molecule has 184 valence electrons. The van der Waals surface area contributed by atoms with Crippen molar-refractivity contribution in [2.75, 3.05) is 67.2 Å². The third kappa shape index (κ3) is 9.86. The van der Waals surface area contributed by atoms with Crippen molar-refractivity contribution in [1.82, 2.24) is 5.32 Å². The van der Waals surface area contributed by atoms with Crippen molar-refractivity contribution < 1.29 is 37.4 Å². The van der Waals surface area contributed by atoms with Crippen LogP contribution in [-0.2, 0) is 37.4 Å². The Morgan fingerprint density at radius 3 is 2.03 bits per heavy atom. The molecule has 0 heterocycles. The molecule has 1 rings (SSSR count). The summed E-state index contributed by atoms with van der Waals surface area (Å²) in [5, 5.41) is 12.8. The van der Waals surface area contributed by atoms with Crippen LogP contribution in [0.15, 0.2) is 40.9 Å². The van der Waals surface area contributed by atoms with Gasteiger partial charge >= 0.3 is 13.6 Å². The molecule has 1 aromatic carbocycles. The highest BCUT2D eigenvalue weighted by atomic mass is 32.2. The molecule has 0 radical (unpaired) electrons. The van der Waals surface area contributed by atoms with Gasteiger partial charge in [0.2, 0.25) is 0 Å². The van der Waals surface area contributed by atoms with Gasteiger partial charge < -0.3 is 33.3 Å². The van der Waals surface area contributed by atoms with Gasteiger partial charge in [-0.3, -0.25) is 4.57 Å². The lowest BCUT2D eigenvalue weighted by Crippen LogP contribution is -2.26. The lowest BCUT2D eigenvalue weighted by Gasteiger charge is -2.29. The molecule has 0 saturated carbocycles. The van der Waals surface area contributed by atoms with E-state index in [4.69, 9.17) is 28.0 Å². The van der Waals surface area contributed by atoms with Crippen LogP contribution in [0.25, 0.3) is 0 Å². The minimum atomic E-state index is -3.88. The molecule has 12 heteroatoms. The van der Waals surface area contributed by atoms with E-state index < -0.39 is 19.3 Å². The number of nitrogens with zero attached hydrogens (tertiary/aromatic N) is 1. The second-order valence-corrected chi connectivity index (χ2v) is 9.23. The van der Waals surface area contributed by atoms with Crippen LogP contribution in [0.4, 0.5) is 0 Å². The van der Waals surface area contributed by atoms with Crippen LogP contribution >= 0.6 is 19.4 Å². The standard InChI is InChI=1S/C21H31N2O8PS/c1-26-10-13-29-21(24)18(16-22)20(33-4)23-19(17-8-6-5-7-9-17)32(25,30-14-11-27-2)31-15-12-28-3/h5-9,19,23H,10-15H2,1-4H3/b20-18+. The predicted octanol–water partition coefficient (Wildman–Crippen LogP) is 3.08. The number of hydrogen-bond acceptors (Lipinski definition) is 11. The molecule has 0 aliphatic rings. The Labute approximate surface area is 199 Å². The van der Waals surface area contributed by atoms with Crippen molar-refractivity contribution >= 4 is 25.3 Å². The van der Waals surface area contributed by atoms with Crippen molar-refractivity contribution in [2.24, 2.45) is 0 Å². The molecule has 1 atom stereocenters.